The first-order valence-electron chi connectivity index (χ1n) is 7.93. The van der Waals surface area contributed by atoms with Gasteiger partial charge in [-0.3, -0.25) is 0 Å². The Kier molecular flexibility index (Phi) is 4.60. The van der Waals surface area contributed by atoms with E-state index in [0.29, 0.717) is 28.2 Å². The normalized spacial score (nSPS) is 20.8. The third-order valence-electron chi connectivity index (χ3n) is 4.77. The van der Waals surface area contributed by atoms with Crippen LogP contribution in [0.5, 0.6) is 28.7 Å². The molecule has 7 heteroatoms. The summed E-state index contributed by atoms with van der Waals surface area (Å²) in [6.07, 6.45) is -0.691. The summed E-state index contributed by atoms with van der Waals surface area (Å²) in [5.74, 6) is 1.21. The third kappa shape index (κ3) is 2.28. The largest absolute Gasteiger partial charge is 0.502 e. The topological polar surface area (TPSA) is 86.6 Å². The number of methoxy groups -OCH3 is 5. The third-order valence-corrected chi connectivity index (χ3v) is 4.77. The molecule has 1 aliphatic rings. The molecule has 0 bridgehead atoms. The molecule has 7 nitrogen and oxygen atoms in total. The number of ether oxygens (including phenoxy) is 5. The van der Waals surface area contributed by atoms with Gasteiger partial charge < -0.3 is 33.9 Å². The molecule has 2 aromatic carbocycles. The maximum absolute atomic E-state index is 11.6. The number of rotatable bonds is 6. The van der Waals surface area contributed by atoms with Gasteiger partial charge in [0.2, 0.25) is 5.75 Å². The highest BCUT2D eigenvalue weighted by Gasteiger charge is 2.57. The number of phenols is 1. The van der Waals surface area contributed by atoms with Crippen LogP contribution in [0.25, 0.3) is 0 Å². The summed E-state index contributed by atoms with van der Waals surface area (Å²) in [5, 5.41) is 22.0. The van der Waals surface area contributed by atoms with E-state index in [1.807, 2.05) is 0 Å². The lowest BCUT2D eigenvalue weighted by Gasteiger charge is -2.47. The van der Waals surface area contributed by atoms with Gasteiger partial charge in [-0.25, -0.2) is 0 Å². The summed E-state index contributed by atoms with van der Waals surface area (Å²) in [5.41, 5.74) is -0.0208. The van der Waals surface area contributed by atoms with Crippen LogP contribution in [0.2, 0.25) is 0 Å². The zero-order chi connectivity index (χ0) is 19.1. The summed E-state index contributed by atoms with van der Waals surface area (Å²) in [6.45, 7) is 0. The molecular weight excluding hydrogens is 340 g/mol. The number of hydrogen-bond acceptors (Lipinski definition) is 7. The van der Waals surface area contributed by atoms with Crippen LogP contribution in [0, 0.1) is 0 Å². The molecule has 0 spiro atoms. The average Bonchev–Trinajstić information content (AvgIpc) is 2.67. The van der Waals surface area contributed by atoms with Gasteiger partial charge in [-0.15, -0.1) is 0 Å². The van der Waals surface area contributed by atoms with Gasteiger partial charge in [0.05, 0.1) is 28.4 Å². The van der Waals surface area contributed by atoms with E-state index in [2.05, 4.69) is 0 Å². The fourth-order valence-corrected chi connectivity index (χ4v) is 3.56. The SMILES string of the molecule is COc1ccc([C@]2(O)c3c(cc(OC)c(O)c3OC)[C@@H]2OC)c(OC)c1. The van der Waals surface area contributed by atoms with Gasteiger partial charge in [-0.1, -0.05) is 0 Å². The summed E-state index contributed by atoms with van der Waals surface area (Å²) >= 11 is 0. The van der Waals surface area contributed by atoms with Crippen molar-refractivity contribution in [1.29, 1.82) is 0 Å². The highest BCUT2D eigenvalue weighted by atomic mass is 16.5. The maximum atomic E-state index is 11.6. The minimum absolute atomic E-state index is 0.132. The Hall–Kier alpha value is -2.64. The first kappa shape index (κ1) is 18.2. The number of phenolic OH excluding ortho intramolecular Hbond substituents is 1. The van der Waals surface area contributed by atoms with Crippen LogP contribution >= 0.6 is 0 Å². The zero-order valence-electron chi connectivity index (χ0n) is 15.3. The highest BCUT2D eigenvalue weighted by Crippen LogP contribution is 2.62. The van der Waals surface area contributed by atoms with E-state index >= 15 is 0 Å². The monoisotopic (exact) mass is 362 g/mol. The van der Waals surface area contributed by atoms with E-state index in [-0.39, 0.29) is 17.2 Å². The number of aromatic hydroxyl groups is 1. The Morgan fingerprint density at radius 3 is 2.12 bits per heavy atom. The van der Waals surface area contributed by atoms with Crippen molar-refractivity contribution >= 4 is 0 Å². The Balaban J connectivity index is 2.27. The Morgan fingerprint density at radius 1 is 0.885 bits per heavy atom. The van der Waals surface area contributed by atoms with Crippen molar-refractivity contribution in [1.82, 2.24) is 0 Å². The Labute approximate surface area is 151 Å². The molecule has 1 aliphatic carbocycles. The molecule has 0 amide bonds. The van der Waals surface area contributed by atoms with E-state index in [1.165, 1.54) is 28.4 Å². The Morgan fingerprint density at radius 2 is 1.58 bits per heavy atom. The van der Waals surface area contributed by atoms with Gasteiger partial charge in [-0.2, -0.15) is 0 Å². The molecule has 0 aliphatic heterocycles. The standard InChI is InChI=1S/C19H22O7/c1-22-10-6-7-12(13(8-10)23-2)19(21)15-11(18(19)26-5)9-14(24-3)16(20)17(15)25-4/h6-9,18,20-21H,1-5H3/t18-,19-/m0/s1. The molecule has 0 fully saturated rings. The molecule has 2 N–H and O–H groups in total. The van der Waals surface area contributed by atoms with Crippen molar-refractivity contribution in [3.8, 4) is 28.7 Å². The van der Waals surface area contributed by atoms with Crippen LogP contribution in [0.4, 0.5) is 0 Å². The second-order valence-corrected chi connectivity index (χ2v) is 5.87. The molecule has 0 radical (unpaired) electrons. The second kappa shape index (κ2) is 6.59. The van der Waals surface area contributed by atoms with E-state index < -0.39 is 11.7 Å². The molecule has 140 valence electrons. The van der Waals surface area contributed by atoms with E-state index in [0.717, 1.165) is 0 Å². The van der Waals surface area contributed by atoms with E-state index in [4.69, 9.17) is 23.7 Å². The predicted molar refractivity (Wildman–Crippen MR) is 93.5 cm³/mol. The maximum Gasteiger partial charge on any atom is 0.201 e. The Bertz CT molecular complexity index is 833. The lowest BCUT2D eigenvalue weighted by molar-refractivity contribution is -0.105. The number of fused-ring (bicyclic) bond motifs is 1. The van der Waals surface area contributed by atoms with Crippen LogP contribution in [0.1, 0.15) is 22.8 Å². The van der Waals surface area contributed by atoms with Gasteiger partial charge in [0.25, 0.3) is 0 Å². The van der Waals surface area contributed by atoms with Gasteiger partial charge in [-0.05, 0) is 23.8 Å². The fourth-order valence-electron chi connectivity index (χ4n) is 3.56. The zero-order valence-corrected chi connectivity index (χ0v) is 15.3. The van der Waals surface area contributed by atoms with Crippen molar-refractivity contribution in [3.63, 3.8) is 0 Å². The van der Waals surface area contributed by atoms with Crippen molar-refractivity contribution in [2.45, 2.75) is 11.7 Å². The summed E-state index contributed by atoms with van der Waals surface area (Å²) < 4.78 is 26.8. The average molecular weight is 362 g/mol. The fraction of sp³-hybridized carbons (Fsp3) is 0.368. The van der Waals surface area contributed by atoms with Crippen molar-refractivity contribution in [3.05, 3.63) is 41.0 Å². The van der Waals surface area contributed by atoms with Crippen molar-refractivity contribution in [2.75, 3.05) is 35.5 Å². The van der Waals surface area contributed by atoms with Gasteiger partial charge in [0, 0.05) is 24.3 Å². The molecule has 2 atom stereocenters. The predicted octanol–water partition coefficient (Wildman–Crippen LogP) is 2.36. The molecule has 0 aromatic heterocycles. The minimum atomic E-state index is -1.57. The summed E-state index contributed by atoms with van der Waals surface area (Å²) in [6, 6.07) is 6.73. The second-order valence-electron chi connectivity index (χ2n) is 5.87. The smallest absolute Gasteiger partial charge is 0.201 e. The number of aliphatic hydroxyl groups is 1. The molecule has 3 rings (SSSR count). The molecule has 0 unspecified atom stereocenters. The molecule has 2 aromatic rings. The van der Waals surface area contributed by atoms with Crippen LogP contribution in [0.3, 0.4) is 0 Å². The lowest BCUT2D eigenvalue weighted by atomic mass is 9.65. The van der Waals surface area contributed by atoms with Crippen LogP contribution in [-0.4, -0.2) is 45.8 Å². The van der Waals surface area contributed by atoms with Gasteiger partial charge in [0.1, 0.15) is 17.6 Å². The van der Waals surface area contributed by atoms with Crippen molar-refractivity contribution < 1.29 is 33.9 Å². The quantitative estimate of drug-likeness (QED) is 0.816. The number of hydrogen-bond donors (Lipinski definition) is 2. The van der Waals surface area contributed by atoms with Crippen LogP contribution in [-0.2, 0) is 10.3 Å². The first-order chi connectivity index (χ1) is 12.5. The minimum Gasteiger partial charge on any atom is -0.502 e. The molecular formula is C19H22O7. The van der Waals surface area contributed by atoms with Gasteiger partial charge >= 0.3 is 0 Å². The molecule has 0 saturated carbocycles. The first-order valence-corrected chi connectivity index (χ1v) is 7.93. The summed E-state index contributed by atoms with van der Waals surface area (Å²) in [7, 11) is 7.42. The van der Waals surface area contributed by atoms with Crippen LogP contribution < -0.4 is 18.9 Å². The van der Waals surface area contributed by atoms with Gasteiger partial charge in [0.15, 0.2) is 17.1 Å². The summed E-state index contributed by atoms with van der Waals surface area (Å²) in [4.78, 5) is 0. The highest BCUT2D eigenvalue weighted by molar-refractivity contribution is 5.69. The van der Waals surface area contributed by atoms with E-state index in [1.54, 1.807) is 31.4 Å². The molecule has 26 heavy (non-hydrogen) atoms. The molecule has 0 saturated heterocycles. The van der Waals surface area contributed by atoms with Crippen LogP contribution in [0.15, 0.2) is 24.3 Å². The van der Waals surface area contributed by atoms with E-state index in [9.17, 15) is 10.2 Å². The number of benzene rings is 2. The lowest BCUT2D eigenvalue weighted by Crippen LogP contribution is -2.46. The molecule has 0 heterocycles. The van der Waals surface area contributed by atoms with Crippen molar-refractivity contribution in [2.24, 2.45) is 0 Å².